The van der Waals surface area contributed by atoms with Gasteiger partial charge in [0, 0.05) is 45.1 Å². The molecule has 132 valence electrons. The minimum absolute atomic E-state index is 0.476. The Bertz CT molecular complexity index is 740. The van der Waals surface area contributed by atoms with Crippen molar-refractivity contribution >= 4 is 5.82 Å². The number of hydrogen-bond acceptors (Lipinski definition) is 6. The fourth-order valence-corrected chi connectivity index (χ4v) is 4.20. The summed E-state index contributed by atoms with van der Waals surface area (Å²) in [5.41, 5.74) is 0.810. The summed E-state index contributed by atoms with van der Waals surface area (Å²) in [7, 11) is 1.97. The van der Waals surface area contributed by atoms with Gasteiger partial charge in [-0.15, -0.1) is 10.2 Å². The van der Waals surface area contributed by atoms with Crippen LogP contribution in [0.1, 0.15) is 12.8 Å². The summed E-state index contributed by atoms with van der Waals surface area (Å²) in [4.78, 5) is 9.37. The summed E-state index contributed by atoms with van der Waals surface area (Å²) in [6, 6.07) is 5.19. The van der Waals surface area contributed by atoms with Crippen molar-refractivity contribution in [1.82, 2.24) is 24.6 Å². The zero-order chi connectivity index (χ0) is 16.8. The molecule has 2 atom stereocenters. The normalized spacial score (nSPS) is 27.3. The number of hydrogen-bond donors (Lipinski definition) is 0. The molecule has 7 nitrogen and oxygen atoms in total. The number of aryl methyl sites for hydroxylation is 1. The molecule has 0 spiro atoms. The molecule has 0 radical (unpaired) electrons. The number of fused-ring (bicyclic) bond motifs is 1. The molecule has 1 saturated carbocycles. The van der Waals surface area contributed by atoms with Crippen LogP contribution in [0.4, 0.5) is 5.82 Å². The number of aromatic nitrogens is 4. The lowest BCUT2D eigenvalue weighted by molar-refractivity contribution is -0.0603. The molecule has 2 saturated heterocycles. The van der Waals surface area contributed by atoms with Gasteiger partial charge in [-0.05, 0) is 30.9 Å². The summed E-state index contributed by atoms with van der Waals surface area (Å²) in [6.45, 7) is 4.83. The van der Waals surface area contributed by atoms with Crippen LogP contribution in [0.2, 0.25) is 0 Å². The second-order valence-electron chi connectivity index (χ2n) is 7.42. The van der Waals surface area contributed by atoms with Crippen LogP contribution in [0.15, 0.2) is 24.5 Å². The number of ether oxygens (including phenoxy) is 1. The highest BCUT2D eigenvalue weighted by Gasteiger charge is 2.43. The van der Waals surface area contributed by atoms with E-state index in [4.69, 9.17) is 4.74 Å². The molecule has 5 rings (SSSR count). The van der Waals surface area contributed by atoms with E-state index in [9.17, 15) is 0 Å². The molecular weight excluding hydrogens is 316 g/mol. The molecule has 1 aliphatic carbocycles. The van der Waals surface area contributed by atoms with Crippen LogP contribution in [0.25, 0.3) is 11.5 Å². The average molecular weight is 340 g/mol. The first kappa shape index (κ1) is 15.3. The van der Waals surface area contributed by atoms with E-state index in [2.05, 4.69) is 31.0 Å². The number of rotatable bonds is 3. The maximum absolute atomic E-state index is 5.90. The van der Waals surface area contributed by atoms with Crippen LogP contribution >= 0.6 is 0 Å². The van der Waals surface area contributed by atoms with Gasteiger partial charge in [0.25, 0.3) is 0 Å². The molecule has 0 N–H and O–H groups in total. The Kier molecular flexibility index (Phi) is 3.71. The van der Waals surface area contributed by atoms with E-state index >= 15 is 0 Å². The lowest BCUT2D eigenvalue weighted by atomic mass is 10.0. The van der Waals surface area contributed by atoms with E-state index < -0.39 is 0 Å². The van der Waals surface area contributed by atoms with Crippen LogP contribution in [-0.2, 0) is 11.8 Å². The van der Waals surface area contributed by atoms with Crippen LogP contribution in [0.5, 0.6) is 0 Å². The molecule has 0 unspecified atom stereocenters. The van der Waals surface area contributed by atoms with Gasteiger partial charge in [-0.1, -0.05) is 0 Å². The van der Waals surface area contributed by atoms with Crippen molar-refractivity contribution in [1.29, 1.82) is 0 Å². The quantitative estimate of drug-likeness (QED) is 0.836. The Morgan fingerprint density at radius 1 is 1.12 bits per heavy atom. The van der Waals surface area contributed by atoms with Gasteiger partial charge in [0.15, 0.2) is 11.6 Å². The maximum atomic E-state index is 5.90. The van der Waals surface area contributed by atoms with Gasteiger partial charge >= 0.3 is 0 Å². The Labute approximate surface area is 147 Å². The van der Waals surface area contributed by atoms with Crippen molar-refractivity contribution in [3.63, 3.8) is 0 Å². The zero-order valence-corrected chi connectivity index (χ0v) is 14.6. The van der Waals surface area contributed by atoms with Gasteiger partial charge in [0.05, 0.1) is 19.3 Å². The summed E-state index contributed by atoms with van der Waals surface area (Å²) in [5, 5.41) is 8.86. The Balaban J connectivity index is 1.30. The molecule has 3 aliphatic rings. The predicted molar refractivity (Wildman–Crippen MR) is 94.3 cm³/mol. The first-order valence-corrected chi connectivity index (χ1v) is 9.19. The first-order valence-electron chi connectivity index (χ1n) is 9.19. The fraction of sp³-hybridized carbons (Fsp3) is 0.611. The Hall–Kier alpha value is -1.99. The summed E-state index contributed by atoms with van der Waals surface area (Å²) >= 11 is 0. The number of morpholine rings is 1. The van der Waals surface area contributed by atoms with Gasteiger partial charge in [-0.3, -0.25) is 4.90 Å². The molecule has 2 aromatic rings. The van der Waals surface area contributed by atoms with Crippen molar-refractivity contribution in [2.24, 2.45) is 13.0 Å². The van der Waals surface area contributed by atoms with Gasteiger partial charge in [-0.2, -0.15) is 0 Å². The predicted octanol–water partition coefficient (Wildman–Crippen LogP) is 1.18. The number of anilines is 1. The molecule has 25 heavy (non-hydrogen) atoms. The van der Waals surface area contributed by atoms with Crippen molar-refractivity contribution in [2.75, 3.05) is 37.7 Å². The highest BCUT2D eigenvalue weighted by atomic mass is 16.5. The average Bonchev–Trinajstić information content (AvgIpc) is 3.42. The van der Waals surface area contributed by atoms with Crippen LogP contribution in [0, 0.1) is 5.92 Å². The monoisotopic (exact) mass is 340 g/mol. The third kappa shape index (κ3) is 2.81. The minimum atomic E-state index is 0.476. The molecule has 0 amide bonds. The summed E-state index contributed by atoms with van der Waals surface area (Å²) < 4.78 is 7.86. The molecule has 7 heteroatoms. The lowest BCUT2D eigenvalue weighted by Crippen LogP contribution is -2.62. The third-order valence-corrected chi connectivity index (χ3v) is 5.74. The van der Waals surface area contributed by atoms with E-state index in [0.717, 1.165) is 56.1 Å². The second kappa shape index (κ2) is 6.07. The standard InChI is InChI=1S/C18H24N6O/c1-22-7-6-19-18(22)15-4-5-17(21-20-15)23-8-9-24-14(10-23)11-25-12-16(24)13-2-3-13/h4-7,13-14,16H,2-3,8-12H2,1H3/t14-,16-/m1/s1. The molecule has 2 aromatic heterocycles. The van der Waals surface area contributed by atoms with Gasteiger partial charge in [0.1, 0.15) is 5.69 Å². The molecule has 2 aliphatic heterocycles. The topological polar surface area (TPSA) is 59.3 Å². The summed E-state index contributed by atoms with van der Waals surface area (Å²) in [5.74, 6) is 2.66. The van der Waals surface area contributed by atoms with Gasteiger partial charge in [-0.25, -0.2) is 4.98 Å². The number of piperazine rings is 1. The molecule has 0 bridgehead atoms. The van der Waals surface area contributed by atoms with Crippen molar-refractivity contribution in [3.8, 4) is 11.5 Å². The molecular formula is C18H24N6O. The molecule has 4 heterocycles. The number of imidazole rings is 1. The highest BCUT2D eigenvalue weighted by Crippen LogP contribution is 2.38. The third-order valence-electron chi connectivity index (χ3n) is 5.74. The van der Waals surface area contributed by atoms with E-state index in [0.29, 0.717) is 12.1 Å². The van der Waals surface area contributed by atoms with Crippen molar-refractivity contribution in [2.45, 2.75) is 24.9 Å². The fourth-order valence-electron chi connectivity index (χ4n) is 4.20. The van der Waals surface area contributed by atoms with Gasteiger partial charge < -0.3 is 14.2 Å². The second-order valence-corrected chi connectivity index (χ2v) is 7.42. The largest absolute Gasteiger partial charge is 0.378 e. The molecule has 3 fully saturated rings. The minimum Gasteiger partial charge on any atom is -0.378 e. The zero-order valence-electron chi connectivity index (χ0n) is 14.6. The van der Waals surface area contributed by atoms with Crippen LogP contribution < -0.4 is 4.90 Å². The maximum Gasteiger partial charge on any atom is 0.160 e. The van der Waals surface area contributed by atoms with Crippen molar-refractivity contribution in [3.05, 3.63) is 24.5 Å². The number of nitrogens with zero attached hydrogens (tertiary/aromatic N) is 6. The highest BCUT2D eigenvalue weighted by molar-refractivity contribution is 5.52. The van der Waals surface area contributed by atoms with E-state index in [-0.39, 0.29) is 0 Å². The SMILES string of the molecule is Cn1ccnc1-c1ccc(N2CCN3[C@@H](COC[C@@H]3C3CC3)C2)nn1. The Morgan fingerprint density at radius 2 is 2.04 bits per heavy atom. The Morgan fingerprint density at radius 3 is 2.76 bits per heavy atom. The van der Waals surface area contributed by atoms with Crippen LogP contribution in [-0.4, -0.2) is 69.6 Å². The van der Waals surface area contributed by atoms with Gasteiger partial charge in [0.2, 0.25) is 0 Å². The van der Waals surface area contributed by atoms with Crippen LogP contribution in [0.3, 0.4) is 0 Å². The van der Waals surface area contributed by atoms with E-state index in [1.807, 2.05) is 23.9 Å². The van der Waals surface area contributed by atoms with E-state index in [1.165, 1.54) is 12.8 Å². The van der Waals surface area contributed by atoms with E-state index in [1.54, 1.807) is 6.20 Å². The smallest absolute Gasteiger partial charge is 0.160 e. The van der Waals surface area contributed by atoms with Crippen molar-refractivity contribution < 1.29 is 4.74 Å². The molecule has 0 aromatic carbocycles. The lowest BCUT2D eigenvalue weighted by Gasteiger charge is -2.48. The first-order chi connectivity index (χ1) is 12.3. The summed E-state index contributed by atoms with van der Waals surface area (Å²) in [6.07, 6.45) is 6.45.